The van der Waals surface area contributed by atoms with Crippen LogP contribution in [0.5, 0.6) is 5.75 Å². The van der Waals surface area contributed by atoms with Crippen LogP contribution in [0.15, 0.2) is 65.6 Å². The van der Waals surface area contributed by atoms with Crippen molar-refractivity contribution >= 4 is 33.8 Å². The van der Waals surface area contributed by atoms with Crippen molar-refractivity contribution in [3.63, 3.8) is 0 Å². The average Bonchev–Trinajstić information content (AvgIpc) is 2.91. The molecule has 0 radical (unpaired) electrons. The second kappa shape index (κ2) is 11.0. The summed E-state index contributed by atoms with van der Waals surface area (Å²) in [7, 11) is 1.65. The van der Waals surface area contributed by atoms with Crippen LogP contribution in [0.1, 0.15) is 18.1 Å². The van der Waals surface area contributed by atoms with Crippen LogP contribution >= 0.6 is 0 Å². The highest BCUT2D eigenvalue weighted by Crippen LogP contribution is 2.29. The summed E-state index contributed by atoms with van der Waals surface area (Å²) in [5, 5.41) is 8.09. The standard InChI is InChI=1S/C29H34N6O2/c1-4-34-13-15-35(16-14-34)19-21-6-8-23(9-7-21)31-28-27-22(11-12-30-29(27)36)17-26(33-28)32-25-18-24(37-3)10-5-20(25)2/h5-12,17-18H,4,13-16,19H2,1-3H3,(H,30,36)(H2,31,32,33). The maximum Gasteiger partial charge on any atom is 0.259 e. The van der Waals surface area contributed by atoms with Crippen LogP contribution < -0.4 is 20.9 Å². The fraction of sp³-hybridized carbons (Fsp3) is 0.310. The first-order valence-corrected chi connectivity index (χ1v) is 12.8. The quantitative estimate of drug-likeness (QED) is 0.320. The highest BCUT2D eigenvalue weighted by Gasteiger charge is 2.16. The number of rotatable bonds is 8. The Balaban J connectivity index is 1.38. The number of pyridine rings is 2. The number of hydrogen-bond acceptors (Lipinski definition) is 7. The van der Waals surface area contributed by atoms with Gasteiger partial charge >= 0.3 is 0 Å². The number of nitrogens with zero attached hydrogens (tertiary/aromatic N) is 3. The minimum atomic E-state index is -0.181. The molecule has 0 unspecified atom stereocenters. The van der Waals surface area contributed by atoms with E-state index in [9.17, 15) is 4.79 Å². The number of aryl methyl sites for hydroxylation is 1. The van der Waals surface area contributed by atoms with E-state index in [1.165, 1.54) is 5.56 Å². The van der Waals surface area contributed by atoms with Crippen molar-refractivity contribution in [2.75, 3.05) is 50.5 Å². The fourth-order valence-electron chi connectivity index (χ4n) is 4.72. The van der Waals surface area contributed by atoms with Crippen molar-refractivity contribution < 1.29 is 4.74 Å². The molecule has 1 aliphatic rings. The molecule has 0 spiro atoms. The van der Waals surface area contributed by atoms with Crippen molar-refractivity contribution in [1.82, 2.24) is 19.8 Å². The van der Waals surface area contributed by atoms with Gasteiger partial charge in [0.2, 0.25) is 0 Å². The van der Waals surface area contributed by atoms with E-state index in [2.05, 4.69) is 56.6 Å². The van der Waals surface area contributed by atoms with Gasteiger partial charge in [-0.05, 0) is 60.3 Å². The number of nitrogens with one attached hydrogen (secondary N) is 3. The number of methoxy groups -OCH3 is 1. The van der Waals surface area contributed by atoms with Gasteiger partial charge in [0.25, 0.3) is 5.56 Å². The topological polar surface area (TPSA) is 85.5 Å². The lowest BCUT2D eigenvalue weighted by atomic mass is 10.1. The molecule has 3 heterocycles. The zero-order valence-electron chi connectivity index (χ0n) is 21.7. The summed E-state index contributed by atoms with van der Waals surface area (Å²) in [5.74, 6) is 1.90. The van der Waals surface area contributed by atoms with Gasteiger partial charge in [0, 0.05) is 56.4 Å². The number of piperazine rings is 1. The molecule has 0 bridgehead atoms. The largest absolute Gasteiger partial charge is 0.497 e. The van der Waals surface area contributed by atoms with E-state index >= 15 is 0 Å². The van der Waals surface area contributed by atoms with Crippen LogP contribution in [0.4, 0.5) is 23.0 Å². The Hall–Kier alpha value is -3.88. The van der Waals surface area contributed by atoms with E-state index in [1.54, 1.807) is 13.3 Å². The van der Waals surface area contributed by atoms with E-state index in [4.69, 9.17) is 9.72 Å². The smallest absolute Gasteiger partial charge is 0.259 e. The molecular weight excluding hydrogens is 464 g/mol. The number of aromatic nitrogens is 2. The van der Waals surface area contributed by atoms with Crippen molar-refractivity contribution in [3.05, 3.63) is 82.3 Å². The van der Waals surface area contributed by atoms with E-state index in [0.29, 0.717) is 17.0 Å². The maximum absolute atomic E-state index is 12.7. The fourth-order valence-corrected chi connectivity index (χ4v) is 4.72. The number of fused-ring (bicyclic) bond motifs is 1. The molecule has 0 amide bonds. The van der Waals surface area contributed by atoms with Crippen LogP contribution in [-0.4, -0.2) is 59.6 Å². The number of likely N-dealkylation sites (N-methyl/N-ethyl adjacent to an activating group) is 1. The molecule has 0 aliphatic carbocycles. The first-order chi connectivity index (χ1) is 18.0. The summed E-state index contributed by atoms with van der Waals surface area (Å²) < 4.78 is 5.38. The monoisotopic (exact) mass is 498 g/mol. The Morgan fingerprint density at radius 3 is 2.46 bits per heavy atom. The number of hydrogen-bond donors (Lipinski definition) is 3. The molecule has 5 rings (SSSR count). The predicted molar refractivity (Wildman–Crippen MR) is 150 cm³/mol. The summed E-state index contributed by atoms with van der Waals surface area (Å²) in [6, 6.07) is 18.0. The van der Waals surface area contributed by atoms with Crippen LogP contribution in [0.2, 0.25) is 0 Å². The third kappa shape index (κ3) is 5.76. The lowest BCUT2D eigenvalue weighted by molar-refractivity contribution is 0.132. The van der Waals surface area contributed by atoms with Gasteiger partial charge in [0.15, 0.2) is 0 Å². The van der Waals surface area contributed by atoms with Gasteiger partial charge in [-0.3, -0.25) is 9.69 Å². The molecule has 0 atom stereocenters. The Bertz CT molecular complexity index is 1430. The number of ether oxygens (including phenoxy) is 1. The first-order valence-electron chi connectivity index (χ1n) is 12.8. The lowest BCUT2D eigenvalue weighted by Gasteiger charge is -2.34. The maximum atomic E-state index is 12.7. The number of benzene rings is 2. The summed E-state index contributed by atoms with van der Waals surface area (Å²) in [4.78, 5) is 25.3. The van der Waals surface area contributed by atoms with E-state index in [0.717, 1.165) is 67.3 Å². The normalized spacial score (nSPS) is 14.6. The molecule has 3 N–H and O–H groups in total. The lowest BCUT2D eigenvalue weighted by Crippen LogP contribution is -2.45. The summed E-state index contributed by atoms with van der Waals surface area (Å²) >= 11 is 0. The molecule has 2 aromatic heterocycles. The molecule has 0 saturated carbocycles. The number of aromatic amines is 1. The van der Waals surface area contributed by atoms with Gasteiger partial charge < -0.3 is 25.3 Å². The second-order valence-electron chi connectivity index (χ2n) is 9.47. The van der Waals surface area contributed by atoms with Gasteiger partial charge in [0.1, 0.15) is 17.4 Å². The predicted octanol–water partition coefficient (Wildman–Crippen LogP) is 4.86. The highest BCUT2D eigenvalue weighted by atomic mass is 16.5. The number of anilines is 4. The molecule has 2 aromatic carbocycles. The van der Waals surface area contributed by atoms with Crippen molar-refractivity contribution in [2.24, 2.45) is 0 Å². The highest BCUT2D eigenvalue weighted by molar-refractivity contribution is 5.94. The van der Waals surface area contributed by atoms with Gasteiger partial charge in [-0.15, -0.1) is 0 Å². The van der Waals surface area contributed by atoms with Crippen LogP contribution in [0.3, 0.4) is 0 Å². The molecule has 1 saturated heterocycles. The minimum Gasteiger partial charge on any atom is -0.497 e. The first kappa shape index (κ1) is 24.8. The Kier molecular flexibility index (Phi) is 7.39. The molecule has 192 valence electrons. The van der Waals surface area contributed by atoms with Gasteiger partial charge in [-0.25, -0.2) is 4.98 Å². The van der Waals surface area contributed by atoms with Gasteiger partial charge in [-0.2, -0.15) is 0 Å². The van der Waals surface area contributed by atoms with E-state index in [-0.39, 0.29) is 5.56 Å². The summed E-state index contributed by atoms with van der Waals surface area (Å²) in [5.41, 5.74) is 3.93. The average molecular weight is 499 g/mol. The Morgan fingerprint density at radius 1 is 0.973 bits per heavy atom. The van der Waals surface area contributed by atoms with Crippen LogP contribution in [0, 0.1) is 6.92 Å². The molecule has 37 heavy (non-hydrogen) atoms. The Labute approximate surface area is 217 Å². The second-order valence-corrected chi connectivity index (χ2v) is 9.47. The molecule has 8 nitrogen and oxygen atoms in total. The molecule has 1 fully saturated rings. The van der Waals surface area contributed by atoms with Gasteiger partial charge in [0.05, 0.1) is 12.5 Å². The van der Waals surface area contributed by atoms with Crippen LogP contribution in [-0.2, 0) is 6.54 Å². The third-order valence-corrected chi connectivity index (χ3v) is 7.00. The Morgan fingerprint density at radius 2 is 1.73 bits per heavy atom. The van der Waals surface area contributed by atoms with E-state index in [1.807, 2.05) is 37.3 Å². The molecular formula is C29H34N6O2. The third-order valence-electron chi connectivity index (χ3n) is 7.00. The number of H-pyrrole nitrogens is 1. The van der Waals surface area contributed by atoms with Crippen molar-refractivity contribution in [2.45, 2.75) is 20.4 Å². The van der Waals surface area contributed by atoms with Crippen molar-refractivity contribution in [1.29, 1.82) is 0 Å². The summed E-state index contributed by atoms with van der Waals surface area (Å²) in [6.45, 7) is 10.8. The van der Waals surface area contributed by atoms with Crippen molar-refractivity contribution in [3.8, 4) is 5.75 Å². The van der Waals surface area contributed by atoms with Crippen LogP contribution in [0.25, 0.3) is 10.8 Å². The SMILES string of the molecule is CCN1CCN(Cc2ccc(Nc3nc(Nc4cc(OC)ccc4C)cc4cc[nH]c(=O)c34)cc2)CC1. The van der Waals surface area contributed by atoms with Gasteiger partial charge in [-0.1, -0.05) is 25.1 Å². The molecule has 1 aliphatic heterocycles. The zero-order valence-corrected chi connectivity index (χ0v) is 21.7. The van der Waals surface area contributed by atoms with E-state index < -0.39 is 0 Å². The zero-order chi connectivity index (χ0) is 25.8. The molecule has 4 aromatic rings. The molecule has 8 heteroatoms. The summed E-state index contributed by atoms with van der Waals surface area (Å²) in [6.07, 6.45) is 1.66. The minimum absolute atomic E-state index is 0.181.